The summed E-state index contributed by atoms with van der Waals surface area (Å²) in [5.74, 6) is -0.530. The molecule has 0 saturated heterocycles. The van der Waals surface area contributed by atoms with E-state index in [1.807, 2.05) is 6.07 Å². The Balaban J connectivity index is 2.62. The SMILES string of the molecule is Cc1c(-c2ccc(C#N)cc2F)[nH][nH]c1=O. The molecular weight excluding hydrogens is 209 g/mol. The number of nitriles is 1. The minimum atomic E-state index is -0.530. The first-order chi connectivity index (χ1) is 7.63. The van der Waals surface area contributed by atoms with Gasteiger partial charge in [-0.05, 0) is 25.1 Å². The third-order valence-corrected chi connectivity index (χ3v) is 2.38. The van der Waals surface area contributed by atoms with Crippen LogP contribution in [0, 0.1) is 24.1 Å². The number of hydrogen-bond donors (Lipinski definition) is 2. The summed E-state index contributed by atoms with van der Waals surface area (Å²) in [6.45, 7) is 1.60. The molecule has 0 atom stereocenters. The summed E-state index contributed by atoms with van der Waals surface area (Å²) in [5, 5.41) is 13.6. The number of nitrogens with one attached hydrogen (secondary N) is 2. The van der Waals surface area contributed by atoms with E-state index in [2.05, 4.69) is 10.2 Å². The Morgan fingerprint density at radius 2 is 2.12 bits per heavy atom. The highest BCUT2D eigenvalue weighted by atomic mass is 19.1. The maximum Gasteiger partial charge on any atom is 0.267 e. The van der Waals surface area contributed by atoms with Gasteiger partial charge in [-0.15, -0.1) is 0 Å². The second kappa shape index (κ2) is 3.66. The van der Waals surface area contributed by atoms with Gasteiger partial charge in [-0.25, -0.2) is 4.39 Å². The van der Waals surface area contributed by atoms with Gasteiger partial charge in [-0.3, -0.25) is 15.0 Å². The Hall–Kier alpha value is -2.35. The zero-order valence-electron chi connectivity index (χ0n) is 8.47. The lowest BCUT2D eigenvalue weighted by Crippen LogP contribution is -2.00. The molecule has 0 aliphatic carbocycles. The van der Waals surface area contributed by atoms with E-state index in [9.17, 15) is 9.18 Å². The summed E-state index contributed by atoms with van der Waals surface area (Å²) in [6, 6.07) is 5.96. The number of rotatable bonds is 1. The molecule has 0 bridgehead atoms. The van der Waals surface area contributed by atoms with Crippen LogP contribution in [0.4, 0.5) is 4.39 Å². The molecule has 0 aliphatic heterocycles. The molecule has 0 amide bonds. The number of nitrogens with zero attached hydrogens (tertiary/aromatic N) is 1. The number of hydrogen-bond acceptors (Lipinski definition) is 2. The molecule has 2 N–H and O–H groups in total. The predicted octanol–water partition coefficient (Wildman–Crippen LogP) is 1.69. The summed E-state index contributed by atoms with van der Waals surface area (Å²) in [6.07, 6.45) is 0. The summed E-state index contributed by atoms with van der Waals surface area (Å²) < 4.78 is 13.6. The smallest absolute Gasteiger partial charge is 0.267 e. The fourth-order valence-corrected chi connectivity index (χ4v) is 1.48. The minimum absolute atomic E-state index is 0.247. The molecule has 80 valence electrons. The molecule has 0 fully saturated rings. The number of aromatic amines is 2. The van der Waals surface area contributed by atoms with Gasteiger partial charge in [0.25, 0.3) is 5.56 Å². The predicted molar refractivity (Wildman–Crippen MR) is 56.3 cm³/mol. The molecule has 1 heterocycles. The first-order valence-electron chi connectivity index (χ1n) is 4.60. The monoisotopic (exact) mass is 217 g/mol. The van der Waals surface area contributed by atoms with Gasteiger partial charge in [0.1, 0.15) is 5.82 Å². The van der Waals surface area contributed by atoms with Crippen LogP contribution in [-0.4, -0.2) is 10.2 Å². The average Bonchev–Trinajstić information content (AvgIpc) is 2.60. The number of benzene rings is 1. The normalized spacial score (nSPS) is 10.1. The summed E-state index contributed by atoms with van der Waals surface area (Å²) in [5.41, 5.74) is 1.07. The lowest BCUT2D eigenvalue weighted by Gasteiger charge is -2.01. The summed E-state index contributed by atoms with van der Waals surface area (Å²) in [7, 11) is 0. The van der Waals surface area contributed by atoms with Crippen molar-refractivity contribution in [1.29, 1.82) is 5.26 Å². The van der Waals surface area contributed by atoms with Crippen molar-refractivity contribution in [3.8, 4) is 17.3 Å². The lowest BCUT2D eigenvalue weighted by atomic mass is 10.1. The summed E-state index contributed by atoms with van der Waals surface area (Å²) in [4.78, 5) is 11.2. The molecule has 0 aliphatic rings. The Morgan fingerprint density at radius 3 is 2.62 bits per heavy atom. The molecule has 1 aromatic heterocycles. The first kappa shape index (κ1) is 10.2. The second-order valence-electron chi connectivity index (χ2n) is 3.39. The van der Waals surface area contributed by atoms with Gasteiger partial charge in [0, 0.05) is 11.1 Å². The van der Waals surface area contributed by atoms with Gasteiger partial charge in [0.05, 0.1) is 17.3 Å². The largest absolute Gasteiger partial charge is 0.297 e. The van der Waals surface area contributed by atoms with E-state index in [0.29, 0.717) is 11.3 Å². The van der Waals surface area contributed by atoms with Crippen LogP contribution in [0.3, 0.4) is 0 Å². The molecular formula is C11H8FN3O. The van der Waals surface area contributed by atoms with Crippen molar-refractivity contribution >= 4 is 0 Å². The molecule has 1 aromatic carbocycles. The van der Waals surface area contributed by atoms with Crippen molar-refractivity contribution in [2.24, 2.45) is 0 Å². The van der Waals surface area contributed by atoms with Crippen molar-refractivity contribution in [3.05, 3.63) is 45.5 Å². The topological polar surface area (TPSA) is 72.4 Å². The third kappa shape index (κ3) is 1.50. The average molecular weight is 217 g/mol. The quantitative estimate of drug-likeness (QED) is 0.762. The van der Waals surface area contributed by atoms with Crippen molar-refractivity contribution < 1.29 is 4.39 Å². The molecule has 0 unspecified atom stereocenters. The van der Waals surface area contributed by atoms with E-state index >= 15 is 0 Å². The molecule has 0 spiro atoms. The van der Waals surface area contributed by atoms with Gasteiger partial charge in [-0.2, -0.15) is 5.26 Å². The molecule has 0 radical (unpaired) electrons. The van der Waals surface area contributed by atoms with E-state index in [1.54, 1.807) is 6.92 Å². The van der Waals surface area contributed by atoms with Gasteiger partial charge >= 0.3 is 0 Å². The van der Waals surface area contributed by atoms with Crippen LogP contribution in [0.15, 0.2) is 23.0 Å². The lowest BCUT2D eigenvalue weighted by molar-refractivity contribution is 0.630. The van der Waals surface area contributed by atoms with Crippen LogP contribution in [0.25, 0.3) is 11.3 Å². The van der Waals surface area contributed by atoms with Gasteiger partial charge in [0.15, 0.2) is 0 Å². The van der Waals surface area contributed by atoms with Gasteiger partial charge in [0.2, 0.25) is 0 Å². The standard InChI is InChI=1S/C11H8FN3O/c1-6-10(14-15-11(6)16)8-3-2-7(5-13)4-9(8)12/h2-4H,1H3,(H2,14,15,16). The summed E-state index contributed by atoms with van der Waals surface area (Å²) >= 11 is 0. The molecule has 16 heavy (non-hydrogen) atoms. The van der Waals surface area contributed by atoms with Crippen LogP contribution in [0.1, 0.15) is 11.1 Å². The maximum atomic E-state index is 13.6. The van der Waals surface area contributed by atoms with Crippen LogP contribution in [0.5, 0.6) is 0 Å². The van der Waals surface area contributed by atoms with Crippen LogP contribution >= 0.6 is 0 Å². The van der Waals surface area contributed by atoms with E-state index in [1.165, 1.54) is 12.1 Å². The van der Waals surface area contributed by atoms with Crippen LogP contribution in [-0.2, 0) is 0 Å². The first-order valence-corrected chi connectivity index (χ1v) is 4.60. The van der Waals surface area contributed by atoms with E-state index in [4.69, 9.17) is 5.26 Å². The number of aromatic nitrogens is 2. The molecule has 4 nitrogen and oxygen atoms in total. The maximum absolute atomic E-state index is 13.6. The van der Waals surface area contributed by atoms with Crippen molar-refractivity contribution in [2.75, 3.05) is 0 Å². The van der Waals surface area contributed by atoms with Gasteiger partial charge < -0.3 is 0 Å². The molecule has 2 rings (SSSR count). The molecule has 2 aromatic rings. The zero-order chi connectivity index (χ0) is 11.7. The highest BCUT2D eigenvalue weighted by molar-refractivity contribution is 5.63. The molecule has 5 heteroatoms. The fraction of sp³-hybridized carbons (Fsp3) is 0.0909. The van der Waals surface area contributed by atoms with E-state index in [0.717, 1.165) is 6.07 Å². The molecule has 0 saturated carbocycles. The minimum Gasteiger partial charge on any atom is -0.297 e. The van der Waals surface area contributed by atoms with E-state index in [-0.39, 0.29) is 16.7 Å². The Bertz CT molecular complexity index is 633. The van der Waals surface area contributed by atoms with Gasteiger partial charge in [-0.1, -0.05) is 0 Å². The fourth-order valence-electron chi connectivity index (χ4n) is 1.48. The Morgan fingerprint density at radius 1 is 1.38 bits per heavy atom. The third-order valence-electron chi connectivity index (χ3n) is 2.38. The zero-order valence-corrected chi connectivity index (χ0v) is 8.47. The van der Waals surface area contributed by atoms with Crippen LogP contribution < -0.4 is 5.56 Å². The number of halogens is 1. The van der Waals surface area contributed by atoms with Crippen molar-refractivity contribution in [2.45, 2.75) is 6.92 Å². The highest BCUT2D eigenvalue weighted by Crippen LogP contribution is 2.22. The van der Waals surface area contributed by atoms with Crippen molar-refractivity contribution in [1.82, 2.24) is 10.2 Å². The number of H-pyrrole nitrogens is 2. The second-order valence-corrected chi connectivity index (χ2v) is 3.39. The Kier molecular flexibility index (Phi) is 2.33. The van der Waals surface area contributed by atoms with Crippen LogP contribution in [0.2, 0.25) is 0 Å². The Labute approximate surface area is 90.3 Å². The van der Waals surface area contributed by atoms with Crippen molar-refractivity contribution in [3.63, 3.8) is 0 Å². The van der Waals surface area contributed by atoms with E-state index < -0.39 is 5.82 Å². The highest BCUT2D eigenvalue weighted by Gasteiger charge is 2.12.